The van der Waals surface area contributed by atoms with Gasteiger partial charge in [0.2, 0.25) is 0 Å². The second-order valence-electron chi connectivity index (χ2n) is 3.41. The fraction of sp³-hybridized carbons (Fsp3) is 0.182. The van der Waals surface area contributed by atoms with E-state index >= 15 is 0 Å². The van der Waals surface area contributed by atoms with Gasteiger partial charge in [-0.2, -0.15) is 0 Å². The van der Waals surface area contributed by atoms with Crippen LogP contribution in [0, 0.1) is 0 Å². The van der Waals surface area contributed by atoms with Gasteiger partial charge < -0.3 is 9.73 Å². The number of carbonyl (C=O) groups is 1. The Bertz CT molecular complexity index is 469. The van der Waals surface area contributed by atoms with Crippen molar-refractivity contribution in [1.29, 1.82) is 0 Å². The summed E-state index contributed by atoms with van der Waals surface area (Å²) in [6.45, 7) is 1.84. The maximum atomic E-state index is 11.5. The van der Waals surface area contributed by atoms with E-state index in [2.05, 4.69) is 20.6 Å². The Morgan fingerprint density at radius 3 is 2.88 bits per heavy atom. The zero-order valence-corrected chi connectivity index (χ0v) is 9.25. The number of carbonyl (C=O) groups excluding carboxylic acids is 1. The van der Waals surface area contributed by atoms with Crippen molar-refractivity contribution in [3.05, 3.63) is 42.5 Å². The number of rotatable bonds is 3. The Morgan fingerprint density at radius 2 is 2.24 bits per heavy atom. The molecule has 0 aliphatic rings. The molecule has 6 heteroatoms. The lowest BCUT2D eigenvalue weighted by Gasteiger charge is -2.12. The molecular weight excluding hydrogens is 220 g/mol. The van der Waals surface area contributed by atoms with Crippen LogP contribution in [0.2, 0.25) is 0 Å². The van der Waals surface area contributed by atoms with Crippen LogP contribution in [-0.2, 0) is 0 Å². The van der Waals surface area contributed by atoms with Crippen LogP contribution >= 0.6 is 0 Å². The van der Waals surface area contributed by atoms with Crippen LogP contribution in [0.15, 0.2) is 41.3 Å². The predicted octanol–water partition coefficient (Wildman–Crippen LogP) is 1.95. The molecule has 2 rings (SSSR count). The number of amides is 2. The third-order valence-corrected chi connectivity index (χ3v) is 2.13. The molecule has 0 spiro atoms. The molecule has 88 valence electrons. The Hall–Kier alpha value is -2.37. The summed E-state index contributed by atoms with van der Waals surface area (Å²) in [6.07, 6.45) is 4.52. The summed E-state index contributed by atoms with van der Waals surface area (Å²) in [7, 11) is 0. The molecule has 2 aromatic rings. The van der Waals surface area contributed by atoms with Crippen LogP contribution in [-0.4, -0.2) is 16.0 Å². The summed E-state index contributed by atoms with van der Waals surface area (Å²) >= 11 is 0. The maximum absolute atomic E-state index is 11.5. The SMILES string of the molecule is CC(NC(=O)Nc1ncco1)c1ccccn1. The predicted molar refractivity (Wildman–Crippen MR) is 61.3 cm³/mol. The van der Waals surface area contributed by atoms with E-state index in [1.807, 2.05) is 25.1 Å². The standard InChI is InChI=1S/C11H12N4O2/c1-8(9-4-2-3-5-12-9)14-10(16)15-11-13-6-7-17-11/h2-8H,1H3,(H2,13,14,15,16). The number of nitrogens with zero attached hydrogens (tertiary/aromatic N) is 2. The summed E-state index contributed by atoms with van der Waals surface area (Å²) in [4.78, 5) is 19.5. The Balaban J connectivity index is 1.91. The molecule has 0 saturated heterocycles. The average Bonchev–Trinajstić information content (AvgIpc) is 2.82. The molecule has 0 aliphatic carbocycles. The number of urea groups is 1. The molecule has 2 aromatic heterocycles. The first-order valence-electron chi connectivity index (χ1n) is 5.13. The monoisotopic (exact) mass is 232 g/mol. The molecule has 17 heavy (non-hydrogen) atoms. The summed E-state index contributed by atoms with van der Waals surface area (Å²) in [6, 6.07) is 5.12. The molecule has 0 fully saturated rings. The molecule has 0 aromatic carbocycles. The molecule has 2 N–H and O–H groups in total. The number of aromatic nitrogens is 2. The maximum Gasteiger partial charge on any atom is 0.323 e. The van der Waals surface area contributed by atoms with E-state index in [-0.39, 0.29) is 18.1 Å². The first-order valence-corrected chi connectivity index (χ1v) is 5.13. The van der Waals surface area contributed by atoms with Gasteiger partial charge in [0.05, 0.1) is 17.9 Å². The largest absolute Gasteiger partial charge is 0.432 e. The van der Waals surface area contributed by atoms with Gasteiger partial charge in [0.1, 0.15) is 6.26 Å². The van der Waals surface area contributed by atoms with Crippen molar-refractivity contribution in [2.75, 3.05) is 5.32 Å². The molecule has 1 unspecified atom stereocenters. The third-order valence-electron chi connectivity index (χ3n) is 2.13. The summed E-state index contributed by atoms with van der Waals surface area (Å²) in [5.74, 6) is 0. The van der Waals surface area contributed by atoms with Gasteiger partial charge in [-0.15, -0.1) is 0 Å². The third kappa shape index (κ3) is 3.04. The minimum Gasteiger partial charge on any atom is -0.432 e. The van der Waals surface area contributed by atoms with Crippen molar-refractivity contribution in [3.8, 4) is 0 Å². The first kappa shape index (κ1) is 11.1. The number of oxazole rings is 1. The molecule has 1 atom stereocenters. The van der Waals surface area contributed by atoms with Gasteiger partial charge in [-0.05, 0) is 19.1 Å². The van der Waals surface area contributed by atoms with Gasteiger partial charge in [-0.25, -0.2) is 9.78 Å². The second kappa shape index (κ2) is 5.11. The van der Waals surface area contributed by atoms with Crippen LogP contribution in [0.25, 0.3) is 0 Å². The summed E-state index contributed by atoms with van der Waals surface area (Å²) in [5.41, 5.74) is 0.787. The van der Waals surface area contributed by atoms with Crippen LogP contribution in [0.1, 0.15) is 18.7 Å². The Kier molecular flexibility index (Phi) is 3.34. The van der Waals surface area contributed by atoms with Gasteiger partial charge in [0.15, 0.2) is 0 Å². The molecule has 0 aliphatic heterocycles. The topological polar surface area (TPSA) is 80.0 Å². The molecule has 0 saturated carbocycles. The molecule has 0 radical (unpaired) electrons. The minimum absolute atomic E-state index is 0.163. The number of pyridine rings is 1. The van der Waals surface area contributed by atoms with Crippen molar-refractivity contribution in [1.82, 2.24) is 15.3 Å². The molecule has 2 amide bonds. The van der Waals surface area contributed by atoms with Gasteiger partial charge in [0, 0.05) is 6.20 Å². The van der Waals surface area contributed by atoms with Crippen LogP contribution in [0.4, 0.5) is 10.8 Å². The Labute approximate surface area is 98.1 Å². The minimum atomic E-state index is -0.384. The van der Waals surface area contributed by atoms with E-state index < -0.39 is 0 Å². The van der Waals surface area contributed by atoms with Crippen molar-refractivity contribution < 1.29 is 9.21 Å². The van der Waals surface area contributed by atoms with Crippen molar-refractivity contribution in [2.45, 2.75) is 13.0 Å². The van der Waals surface area contributed by atoms with Crippen LogP contribution in [0.5, 0.6) is 0 Å². The van der Waals surface area contributed by atoms with E-state index in [1.54, 1.807) is 6.20 Å². The smallest absolute Gasteiger partial charge is 0.323 e. The lowest BCUT2D eigenvalue weighted by Crippen LogP contribution is -2.31. The summed E-state index contributed by atoms with van der Waals surface area (Å²) in [5, 5.41) is 5.19. The van der Waals surface area contributed by atoms with E-state index in [1.165, 1.54) is 12.5 Å². The number of nitrogens with one attached hydrogen (secondary N) is 2. The van der Waals surface area contributed by atoms with E-state index in [4.69, 9.17) is 4.42 Å². The second-order valence-corrected chi connectivity index (χ2v) is 3.41. The average molecular weight is 232 g/mol. The number of hydrogen-bond acceptors (Lipinski definition) is 4. The van der Waals surface area contributed by atoms with Gasteiger partial charge in [-0.1, -0.05) is 6.07 Å². The quantitative estimate of drug-likeness (QED) is 0.847. The zero-order chi connectivity index (χ0) is 12.1. The normalized spacial score (nSPS) is 11.8. The highest BCUT2D eigenvalue weighted by Gasteiger charge is 2.11. The van der Waals surface area contributed by atoms with E-state index in [0.29, 0.717) is 0 Å². The molecule has 2 heterocycles. The van der Waals surface area contributed by atoms with Crippen molar-refractivity contribution >= 4 is 12.0 Å². The first-order chi connectivity index (χ1) is 8.25. The number of hydrogen-bond donors (Lipinski definition) is 2. The molecular formula is C11H12N4O2. The fourth-order valence-electron chi connectivity index (χ4n) is 1.32. The highest BCUT2D eigenvalue weighted by Crippen LogP contribution is 2.08. The van der Waals surface area contributed by atoms with E-state index in [0.717, 1.165) is 5.69 Å². The van der Waals surface area contributed by atoms with Gasteiger partial charge in [0.25, 0.3) is 0 Å². The van der Waals surface area contributed by atoms with Crippen LogP contribution in [0.3, 0.4) is 0 Å². The van der Waals surface area contributed by atoms with Crippen LogP contribution < -0.4 is 10.6 Å². The van der Waals surface area contributed by atoms with Crippen molar-refractivity contribution in [2.24, 2.45) is 0 Å². The fourth-order valence-corrected chi connectivity index (χ4v) is 1.32. The summed E-state index contributed by atoms with van der Waals surface area (Å²) < 4.78 is 4.89. The lowest BCUT2D eigenvalue weighted by molar-refractivity contribution is 0.248. The molecule has 6 nitrogen and oxygen atoms in total. The number of anilines is 1. The van der Waals surface area contributed by atoms with Gasteiger partial charge in [-0.3, -0.25) is 10.3 Å². The van der Waals surface area contributed by atoms with Crippen molar-refractivity contribution in [3.63, 3.8) is 0 Å². The zero-order valence-electron chi connectivity index (χ0n) is 9.25. The Morgan fingerprint density at radius 1 is 1.35 bits per heavy atom. The highest BCUT2D eigenvalue weighted by atomic mass is 16.4. The highest BCUT2D eigenvalue weighted by molar-refractivity contribution is 5.87. The molecule has 0 bridgehead atoms. The van der Waals surface area contributed by atoms with Gasteiger partial charge >= 0.3 is 12.0 Å². The lowest BCUT2D eigenvalue weighted by atomic mass is 10.2. The van der Waals surface area contributed by atoms with E-state index in [9.17, 15) is 4.79 Å².